The number of aliphatic hydroxyl groups is 2. The summed E-state index contributed by atoms with van der Waals surface area (Å²) in [4.78, 5) is 17.3. The molecule has 2 heterocycles. The number of ether oxygens (including phenoxy) is 2. The summed E-state index contributed by atoms with van der Waals surface area (Å²) >= 11 is 19.2. The molecular weight excluding hydrogens is 558 g/mol. The van der Waals surface area contributed by atoms with Gasteiger partial charge in [-0.05, 0) is 45.2 Å². The summed E-state index contributed by atoms with van der Waals surface area (Å²) < 4.78 is 27.4. The largest absolute Gasteiger partial charge is 0.477 e. The lowest BCUT2D eigenvalue weighted by molar-refractivity contribution is -0.0348. The van der Waals surface area contributed by atoms with E-state index in [0.717, 1.165) is 18.6 Å². The van der Waals surface area contributed by atoms with E-state index >= 15 is 0 Å². The van der Waals surface area contributed by atoms with Gasteiger partial charge in [-0.15, -0.1) is 0 Å². The maximum atomic E-state index is 13.8. The standard InChI is InChI=1S/C25H28Cl3FN2O3.C2H6O2/c1-14(2)6-8-34-25(4,5)7-9-33-24-21-20(32)10-15(3)31(23(21)19(28)13-30-24)22-17(26)11-16(29)12-18(22)27;3-1-2-4/h10-14H,6-9H2,1-5H3;3-4H,1-2H2. The van der Waals surface area contributed by atoms with Gasteiger partial charge in [-0.25, -0.2) is 9.37 Å². The van der Waals surface area contributed by atoms with Gasteiger partial charge in [-0.1, -0.05) is 48.7 Å². The molecule has 0 unspecified atom stereocenters. The Balaban J connectivity index is 0.00000118. The maximum absolute atomic E-state index is 13.8. The molecule has 0 fully saturated rings. The van der Waals surface area contributed by atoms with Crippen LogP contribution in [0.4, 0.5) is 4.39 Å². The number of fused-ring (bicyclic) bond motifs is 1. The summed E-state index contributed by atoms with van der Waals surface area (Å²) in [5, 5.41) is 15.8. The lowest BCUT2D eigenvalue weighted by Gasteiger charge is -2.26. The highest BCUT2D eigenvalue weighted by molar-refractivity contribution is 6.38. The molecule has 0 atom stereocenters. The fourth-order valence-electron chi connectivity index (χ4n) is 3.59. The first-order chi connectivity index (χ1) is 17.8. The molecule has 7 nitrogen and oxygen atoms in total. The van der Waals surface area contributed by atoms with Crippen LogP contribution in [0, 0.1) is 18.7 Å². The lowest BCUT2D eigenvalue weighted by atomic mass is 10.1. The zero-order chi connectivity index (χ0) is 28.6. The third kappa shape index (κ3) is 8.53. The Morgan fingerprint density at radius 2 is 1.66 bits per heavy atom. The van der Waals surface area contributed by atoms with Crippen molar-refractivity contribution in [3.63, 3.8) is 0 Å². The first-order valence-electron chi connectivity index (χ1n) is 12.2. The number of rotatable bonds is 10. The van der Waals surface area contributed by atoms with E-state index in [1.807, 2.05) is 13.8 Å². The molecule has 0 aliphatic rings. The molecule has 3 aromatic rings. The highest BCUT2D eigenvalue weighted by Crippen LogP contribution is 2.36. The molecule has 0 aliphatic heterocycles. The molecule has 1 aromatic carbocycles. The van der Waals surface area contributed by atoms with Gasteiger partial charge in [-0.3, -0.25) is 4.79 Å². The summed E-state index contributed by atoms with van der Waals surface area (Å²) in [6.45, 7) is 10.7. The number of aromatic nitrogens is 2. The average Bonchev–Trinajstić information content (AvgIpc) is 2.81. The fourth-order valence-corrected chi connectivity index (χ4v) is 4.44. The molecule has 3 rings (SSSR count). The number of hydrogen-bond donors (Lipinski definition) is 2. The van der Waals surface area contributed by atoms with Gasteiger partial charge in [0, 0.05) is 24.8 Å². The maximum Gasteiger partial charge on any atom is 0.227 e. The minimum absolute atomic E-state index is 0.0775. The van der Waals surface area contributed by atoms with Crippen molar-refractivity contribution in [1.82, 2.24) is 9.55 Å². The van der Waals surface area contributed by atoms with Crippen LogP contribution >= 0.6 is 34.8 Å². The van der Waals surface area contributed by atoms with Crippen molar-refractivity contribution < 1.29 is 24.1 Å². The van der Waals surface area contributed by atoms with E-state index in [4.69, 9.17) is 54.5 Å². The van der Waals surface area contributed by atoms with Crippen LogP contribution in [0.3, 0.4) is 0 Å². The van der Waals surface area contributed by atoms with E-state index in [-0.39, 0.29) is 51.6 Å². The van der Waals surface area contributed by atoms with E-state index in [0.29, 0.717) is 35.8 Å². The Labute approximate surface area is 237 Å². The summed E-state index contributed by atoms with van der Waals surface area (Å²) in [5.74, 6) is 0.132. The number of aliphatic hydroxyl groups excluding tert-OH is 2. The Hall–Kier alpha value is -1.94. The van der Waals surface area contributed by atoms with E-state index in [1.54, 1.807) is 11.5 Å². The Morgan fingerprint density at radius 3 is 2.21 bits per heavy atom. The van der Waals surface area contributed by atoms with Crippen LogP contribution in [0.15, 0.2) is 29.2 Å². The predicted molar refractivity (Wildman–Crippen MR) is 151 cm³/mol. The second-order valence-electron chi connectivity index (χ2n) is 9.67. The van der Waals surface area contributed by atoms with Crippen molar-refractivity contribution in [3.8, 4) is 11.6 Å². The number of nitrogens with zero attached hydrogens (tertiary/aromatic N) is 2. The van der Waals surface area contributed by atoms with Crippen LogP contribution in [0.25, 0.3) is 16.6 Å². The lowest BCUT2D eigenvalue weighted by Crippen LogP contribution is -2.28. The normalized spacial score (nSPS) is 11.6. The van der Waals surface area contributed by atoms with Crippen LogP contribution in [0.5, 0.6) is 5.88 Å². The topological polar surface area (TPSA) is 93.8 Å². The molecule has 0 saturated heterocycles. The number of pyridine rings is 2. The fraction of sp³-hybridized carbons (Fsp3) is 0.481. The van der Waals surface area contributed by atoms with Gasteiger partial charge in [-0.2, -0.15) is 0 Å². The average molecular weight is 592 g/mol. The van der Waals surface area contributed by atoms with Gasteiger partial charge >= 0.3 is 0 Å². The Morgan fingerprint density at radius 1 is 1.05 bits per heavy atom. The van der Waals surface area contributed by atoms with Gasteiger partial charge in [0.05, 0.1) is 57.9 Å². The summed E-state index contributed by atoms with van der Waals surface area (Å²) in [5.41, 5.74) is 0.455. The molecule has 0 radical (unpaired) electrons. The molecule has 38 heavy (non-hydrogen) atoms. The third-order valence-electron chi connectivity index (χ3n) is 5.57. The van der Waals surface area contributed by atoms with E-state index in [2.05, 4.69) is 18.8 Å². The minimum atomic E-state index is -0.572. The molecule has 2 N–H and O–H groups in total. The number of aryl methyl sites for hydroxylation is 1. The molecule has 0 bridgehead atoms. The van der Waals surface area contributed by atoms with Crippen molar-refractivity contribution in [1.29, 1.82) is 0 Å². The van der Waals surface area contributed by atoms with Crippen molar-refractivity contribution in [2.45, 2.75) is 53.1 Å². The van der Waals surface area contributed by atoms with Gasteiger partial charge < -0.3 is 24.3 Å². The van der Waals surface area contributed by atoms with Crippen molar-refractivity contribution in [3.05, 3.63) is 61.2 Å². The molecule has 11 heteroatoms. The first-order valence-corrected chi connectivity index (χ1v) is 13.3. The van der Waals surface area contributed by atoms with Crippen LogP contribution < -0.4 is 10.2 Å². The molecule has 2 aromatic heterocycles. The minimum Gasteiger partial charge on any atom is -0.477 e. The molecule has 0 saturated carbocycles. The highest BCUT2D eigenvalue weighted by Gasteiger charge is 2.22. The number of hydrogen-bond acceptors (Lipinski definition) is 6. The van der Waals surface area contributed by atoms with E-state index in [9.17, 15) is 9.18 Å². The summed E-state index contributed by atoms with van der Waals surface area (Å²) in [6, 6.07) is 3.72. The number of halogens is 4. The first kappa shape index (κ1) is 32.3. The quantitative estimate of drug-likeness (QED) is 0.284. The molecule has 0 amide bonds. The van der Waals surface area contributed by atoms with Crippen molar-refractivity contribution in [2.75, 3.05) is 26.4 Å². The second kappa shape index (κ2) is 14.4. The van der Waals surface area contributed by atoms with E-state index < -0.39 is 11.4 Å². The smallest absolute Gasteiger partial charge is 0.227 e. The van der Waals surface area contributed by atoms with Gasteiger partial charge in [0.25, 0.3) is 0 Å². The molecular formula is C27H34Cl3FN2O5. The van der Waals surface area contributed by atoms with Gasteiger partial charge in [0.15, 0.2) is 5.43 Å². The predicted octanol–water partition coefficient (Wildman–Crippen LogP) is 6.37. The molecule has 0 aliphatic carbocycles. The van der Waals surface area contributed by atoms with Crippen LogP contribution in [0.2, 0.25) is 15.1 Å². The Kier molecular flexibility index (Phi) is 12.3. The molecule has 0 spiro atoms. The van der Waals surface area contributed by atoms with Gasteiger partial charge in [0.2, 0.25) is 5.88 Å². The van der Waals surface area contributed by atoms with Gasteiger partial charge in [0.1, 0.15) is 11.2 Å². The summed E-state index contributed by atoms with van der Waals surface area (Å²) in [7, 11) is 0. The highest BCUT2D eigenvalue weighted by atomic mass is 35.5. The zero-order valence-electron chi connectivity index (χ0n) is 22.2. The second-order valence-corrected chi connectivity index (χ2v) is 10.9. The Bertz CT molecular complexity index is 1270. The molecule has 210 valence electrons. The van der Waals surface area contributed by atoms with Crippen LogP contribution in [-0.2, 0) is 4.74 Å². The van der Waals surface area contributed by atoms with E-state index in [1.165, 1.54) is 12.3 Å². The number of benzene rings is 1. The van der Waals surface area contributed by atoms with Crippen molar-refractivity contribution >= 4 is 45.7 Å². The van der Waals surface area contributed by atoms with Crippen LogP contribution in [-0.4, -0.2) is 51.8 Å². The monoisotopic (exact) mass is 590 g/mol. The summed E-state index contributed by atoms with van der Waals surface area (Å²) in [6.07, 6.45) is 2.97. The van der Waals surface area contributed by atoms with Crippen molar-refractivity contribution in [2.24, 2.45) is 5.92 Å². The SMILES string of the molecule is Cc1cc(=O)c2c(OCCC(C)(C)OCCC(C)C)ncc(Cl)c2n1-c1c(Cl)cc(F)cc1Cl.OCCO. The zero-order valence-corrected chi connectivity index (χ0v) is 24.4. The third-order valence-corrected chi connectivity index (χ3v) is 6.42. The van der Waals surface area contributed by atoms with Crippen LogP contribution in [0.1, 0.15) is 46.2 Å².